The molecule has 0 aromatic heterocycles. The highest BCUT2D eigenvalue weighted by Crippen LogP contribution is 2.60. The molecule has 0 N–H and O–H groups in total. The quantitative estimate of drug-likeness (QED) is 0.733. The van der Waals surface area contributed by atoms with Crippen molar-refractivity contribution in [1.29, 1.82) is 5.26 Å². The first-order valence-electron chi connectivity index (χ1n) is 7.77. The molecule has 0 saturated heterocycles. The molecule has 0 aromatic rings. The maximum Gasteiger partial charge on any atom is 0.234 e. The van der Waals surface area contributed by atoms with Gasteiger partial charge < -0.3 is 0 Å². The molecule has 3 heteroatoms. The fourth-order valence-corrected chi connectivity index (χ4v) is 5.44. The van der Waals surface area contributed by atoms with Gasteiger partial charge in [-0.15, -0.1) is 0 Å². The van der Waals surface area contributed by atoms with Gasteiger partial charge in [-0.1, -0.05) is 6.08 Å². The maximum absolute atomic E-state index is 13.1. The summed E-state index contributed by atoms with van der Waals surface area (Å²) in [5.41, 5.74) is -0.153. The number of allylic oxidation sites excluding steroid dienone is 2. The number of nitrogens with zero attached hydrogens (tertiary/aromatic N) is 2. The summed E-state index contributed by atoms with van der Waals surface area (Å²) < 4.78 is 0. The fraction of sp³-hybridized carbons (Fsp3) is 0.647. The Labute approximate surface area is 119 Å². The molecular weight excluding hydrogens is 248 g/mol. The maximum atomic E-state index is 13.1. The Morgan fingerprint density at radius 3 is 2.25 bits per heavy atom. The van der Waals surface area contributed by atoms with Crippen LogP contribution in [0.5, 0.6) is 0 Å². The number of hydrogen-bond acceptors (Lipinski definition) is 2. The third-order valence-corrected chi connectivity index (χ3v) is 5.81. The molecule has 104 valence electrons. The second-order valence-electron chi connectivity index (χ2n) is 7.21. The molecular formula is C17H20N2O. The van der Waals surface area contributed by atoms with Gasteiger partial charge in [0, 0.05) is 6.20 Å². The summed E-state index contributed by atoms with van der Waals surface area (Å²) in [7, 11) is 0. The standard InChI is InChI=1S/C17H20N2O/c18-11-15-3-1-2-4-19(15)16(20)17-8-12-5-13(9-17)7-14(6-12)10-17/h1-4,12-15H,5-10H2. The molecule has 1 unspecified atom stereocenters. The molecule has 4 saturated carbocycles. The van der Waals surface area contributed by atoms with E-state index in [1.54, 1.807) is 11.1 Å². The zero-order valence-electron chi connectivity index (χ0n) is 11.7. The van der Waals surface area contributed by atoms with Crippen molar-refractivity contribution in [3.63, 3.8) is 0 Å². The normalized spacial score (nSPS) is 44.6. The molecule has 5 aliphatic rings. The van der Waals surface area contributed by atoms with E-state index in [0.717, 1.165) is 37.0 Å². The van der Waals surface area contributed by atoms with E-state index in [9.17, 15) is 10.1 Å². The minimum Gasteiger partial charge on any atom is -0.298 e. The molecule has 5 rings (SSSR count). The Morgan fingerprint density at radius 1 is 1.10 bits per heavy atom. The highest BCUT2D eigenvalue weighted by Gasteiger charge is 2.55. The number of rotatable bonds is 1. The van der Waals surface area contributed by atoms with Crippen LogP contribution in [0.4, 0.5) is 0 Å². The Kier molecular flexibility index (Phi) is 2.57. The highest BCUT2D eigenvalue weighted by atomic mass is 16.2. The van der Waals surface area contributed by atoms with Crippen LogP contribution in [0.15, 0.2) is 24.4 Å². The first-order chi connectivity index (χ1) is 9.70. The number of carbonyl (C=O) groups excluding carboxylic acids is 1. The molecule has 0 aromatic carbocycles. The zero-order valence-corrected chi connectivity index (χ0v) is 11.7. The van der Waals surface area contributed by atoms with Crippen LogP contribution in [0.25, 0.3) is 0 Å². The summed E-state index contributed by atoms with van der Waals surface area (Å²) >= 11 is 0. The molecule has 1 aliphatic heterocycles. The van der Waals surface area contributed by atoms with Crippen LogP contribution in [0.2, 0.25) is 0 Å². The van der Waals surface area contributed by atoms with Gasteiger partial charge in [0.1, 0.15) is 6.04 Å². The van der Waals surface area contributed by atoms with Crippen molar-refractivity contribution < 1.29 is 4.79 Å². The lowest BCUT2D eigenvalue weighted by molar-refractivity contribution is -0.155. The van der Waals surface area contributed by atoms with Crippen LogP contribution in [0.3, 0.4) is 0 Å². The molecule has 1 atom stereocenters. The first kappa shape index (κ1) is 12.2. The van der Waals surface area contributed by atoms with Crippen LogP contribution in [-0.2, 0) is 4.79 Å². The number of amides is 1. The lowest BCUT2D eigenvalue weighted by Gasteiger charge is -2.56. The van der Waals surface area contributed by atoms with Crippen molar-refractivity contribution >= 4 is 5.91 Å². The van der Waals surface area contributed by atoms with Gasteiger partial charge in [0.25, 0.3) is 0 Å². The van der Waals surface area contributed by atoms with Gasteiger partial charge in [-0.05, 0) is 68.4 Å². The fourth-order valence-electron chi connectivity index (χ4n) is 5.44. The highest BCUT2D eigenvalue weighted by molar-refractivity contribution is 5.85. The SMILES string of the molecule is N#CC1C=CC=CN1C(=O)C12CC3CC(CC(C3)C1)C2. The molecule has 1 heterocycles. The Hall–Kier alpha value is -1.56. The molecule has 3 nitrogen and oxygen atoms in total. The molecule has 0 radical (unpaired) electrons. The monoisotopic (exact) mass is 268 g/mol. The average molecular weight is 268 g/mol. The van der Waals surface area contributed by atoms with E-state index in [-0.39, 0.29) is 11.3 Å². The van der Waals surface area contributed by atoms with E-state index in [4.69, 9.17) is 0 Å². The van der Waals surface area contributed by atoms with E-state index >= 15 is 0 Å². The van der Waals surface area contributed by atoms with Crippen LogP contribution in [-0.4, -0.2) is 16.8 Å². The lowest BCUT2D eigenvalue weighted by atomic mass is 9.49. The van der Waals surface area contributed by atoms with Crippen LogP contribution in [0, 0.1) is 34.5 Å². The van der Waals surface area contributed by atoms with Crippen molar-refractivity contribution in [3.05, 3.63) is 24.4 Å². The largest absolute Gasteiger partial charge is 0.298 e. The summed E-state index contributed by atoms with van der Waals surface area (Å²) in [5.74, 6) is 2.49. The van der Waals surface area contributed by atoms with Crippen molar-refractivity contribution in [2.75, 3.05) is 0 Å². The molecule has 0 spiro atoms. The molecule has 20 heavy (non-hydrogen) atoms. The summed E-state index contributed by atoms with van der Waals surface area (Å²) in [4.78, 5) is 14.8. The van der Waals surface area contributed by atoms with E-state index in [2.05, 4.69) is 6.07 Å². The third kappa shape index (κ3) is 1.67. The minimum atomic E-state index is -0.416. The van der Waals surface area contributed by atoms with Crippen LogP contribution >= 0.6 is 0 Å². The summed E-state index contributed by atoms with van der Waals surface area (Å²) in [5, 5.41) is 9.26. The lowest BCUT2D eigenvalue weighted by Crippen LogP contribution is -2.55. The Balaban J connectivity index is 1.64. The van der Waals surface area contributed by atoms with Gasteiger partial charge in [-0.3, -0.25) is 9.69 Å². The van der Waals surface area contributed by atoms with Crippen molar-refractivity contribution in [2.45, 2.75) is 44.6 Å². The van der Waals surface area contributed by atoms with Crippen LogP contribution in [0.1, 0.15) is 38.5 Å². The number of carbonyl (C=O) groups is 1. The van der Waals surface area contributed by atoms with Crippen molar-refractivity contribution in [2.24, 2.45) is 23.2 Å². The second-order valence-corrected chi connectivity index (χ2v) is 7.21. The Morgan fingerprint density at radius 2 is 1.70 bits per heavy atom. The van der Waals surface area contributed by atoms with Crippen molar-refractivity contribution in [1.82, 2.24) is 4.90 Å². The van der Waals surface area contributed by atoms with E-state index < -0.39 is 6.04 Å². The van der Waals surface area contributed by atoms with E-state index in [1.807, 2.05) is 18.2 Å². The number of hydrogen-bond donors (Lipinski definition) is 0. The minimum absolute atomic E-state index is 0.153. The topological polar surface area (TPSA) is 44.1 Å². The first-order valence-corrected chi connectivity index (χ1v) is 7.77. The van der Waals surface area contributed by atoms with Gasteiger partial charge in [-0.25, -0.2) is 0 Å². The smallest absolute Gasteiger partial charge is 0.234 e. The van der Waals surface area contributed by atoms with Crippen LogP contribution < -0.4 is 0 Å². The predicted molar refractivity (Wildman–Crippen MR) is 75.1 cm³/mol. The molecule has 4 bridgehead atoms. The van der Waals surface area contributed by atoms with Gasteiger partial charge in [-0.2, -0.15) is 5.26 Å². The van der Waals surface area contributed by atoms with E-state index in [0.29, 0.717) is 0 Å². The van der Waals surface area contributed by atoms with Gasteiger partial charge in [0.15, 0.2) is 0 Å². The zero-order chi connectivity index (χ0) is 13.7. The Bertz CT molecular complexity index is 504. The third-order valence-electron chi connectivity index (χ3n) is 5.81. The molecule has 4 fully saturated rings. The molecule has 4 aliphatic carbocycles. The predicted octanol–water partition coefficient (Wildman–Crippen LogP) is 3.01. The summed E-state index contributed by atoms with van der Waals surface area (Å²) in [6, 6.07) is 1.82. The average Bonchev–Trinajstić information content (AvgIpc) is 2.45. The van der Waals surface area contributed by atoms with Gasteiger partial charge in [0.05, 0.1) is 11.5 Å². The van der Waals surface area contributed by atoms with E-state index in [1.165, 1.54) is 19.3 Å². The summed E-state index contributed by atoms with van der Waals surface area (Å²) in [6.07, 6.45) is 14.5. The summed E-state index contributed by atoms with van der Waals surface area (Å²) in [6.45, 7) is 0. The number of nitriles is 1. The second kappa shape index (κ2) is 4.22. The van der Waals surface area contributed by atoms with Gasteiger partial charge in [0.2, 0.25) is 5.91 Å². The molecule has 1 amide bonds. The van der Waals surface area contributed by atoms with Gasteiger partial charge >= 0.3 is 0 Å². The van der Waals surface area contributed by atoms with Crippen molar-refractivity contribution in [3.8, 4) is 6.07 Å².